The molecule has 0 spiro atoms. The second-order valence-corrected chi connectivity index (χ2v) is 5.06. The Balaban J connectivity index is 2.51. The number of carbonyl (C=O) groups is 4. The van der Waals surface area contributed by atoms with Gasteiger partial charge < -0.3 is 18.9 Å². The average molecular weight is 355 g/mol. The van der Waals surface area contributed by atoms with Crippen LogP contribution in [0.5, 0.6) is 0 Å². The maximum Gasteiger partial charge on any atom is 0.331 e. The van der Waals surface area contributed by atoms with E-state index < -0.39 is 30.0 Å². The molecule has 0 radical (unpaired) electrons. The number of methoxy groups -OCH3 is 2. The molecule has 0 aromatic carbocycles. The molecular weight excluding hydrogens is 334 g/mol. The Morgan fingerprint density at radius 1 is 0.880 bits per heavy atom. The summed E-state index contributed by atoms with van der Waals surface area (Å²) in [6.45, 7) is 1.94. The fraction of sp³-hybridized carbons (Fsp3) is 0.500. The number of hydrogen-bond donors (Lipinski definition) is 0. The summed E-state index contributed by atoms with van der Waals surface area (Å²) >= 11 is 0. The minimum Gasteiger partial charge on any atom is -0.466 e. The molecule has 0 saturated carbocycles. The van der Waals surface area contributed by atoms with Crippen LogP contribution in [0, 0.1) is 0 Å². The number of hydrogen-bond acceptors (Lipinski definition) is 9. The molecule has 1 aliphatic heterocycles. The average Bonchev–Trinajstić information content (AvgIpc) is 2.57. The van der Waals surface area contributed by atoms with Gasteiger partial charge in [-0.2, -0.15) is 0 Å². The van der Waals surface area contributed by atoms with E-state index in [-0.39, 0.29) is 6.61 Å². The monoisotopic (exact) mass is 355 g/mol. The molecule has 1 atom stereocenters. The SMILES string of the molecule is COC(=O)/C=C/C(=O)OCC(CN1CCC1)OC(=O)/C=C/C(=O)OC. The third-order valence-electron chi connectivity index (χ3n) is 3.22. The van der Waals surface area contributed by atoms with Crippen LogP contribution in [0.2, 0.25) is 0 Å². The predicted molar refractivity (Wildman–Crippen MR) is 84.2 cm³/mol. The first-order valence-electron chi connectivity index (χ1n) is 7.56. The molecule has 0 N–H and O–H groups in total. The first-order valence-corrected chi connectivity index (χ1v) is 7.56. The number of nitrogens with zero attached hydrogens (tertiary/aromatic N) is 1. The van der Waals surface area contributed by atoms with Crippen molar-refractivity contribution in [2.75, 3.05) is 40.5 Å². The van der Waals surface area contributed by atoms with Crippen molar-refractivity contribution in [3.8, 4) is 0 Å². The lowest BCUT2D eigenvalue weighted by Gasteiger charge is -2.33. The highest BCUT2D eigenvalue weighted by molar-refractivity contribution is 5.92. The molecule has 1 rings (SSSR count). The highest BCUT2D eigenvalue weighted by Crippen LogP contribution is 2.09. The van der Waals surface area contributed by atoms with Crippen molar-refractivity contribution in [2.24, 2.45) is 0 Å². The van der Waals surface area contributed by atoms with Gasteiger partial charge in [-0.05, 0) is 19.5 Å². The lowest BCUT2D eigenvalue weighted by Crippen LogP contribution is -2.45. The molecule has 0 bridgehead atoms. The van der Waals surface area contributed by atoms with Crippen LogP contribution in [0.3, 0.4) is 0 Å². The number of ether oxygens (including phenoxy) is 4. The fourth-order valence-electron chi connectivity index (χ4n) is 1.81. The second-order valence-electron chi connectivity index (χ2n) is 5.06. The van der Waals surface area contributed by atoms with E-state index in [1.165, 1.54) is 14.2 Å². The predicted octanol–water partition coefficient (Wildman–Crippen LogP) is -0.394. The van der Waals surface area contributed by atoms with Gasteiger partial charge in [-0.1, -0.05) is 0 Å². The molecule has 0 aromatic heterocycles. The maximum absolute atomic E-state index is 11.7. The van der Waals surface area contributed by atoms with Crippen LogP contribution in [0.15, 0.2) is 24.3 Å². The van der Waals surface area contributed by atoms with Gasteiger partial charge in [-0.25, -0.2) is 19.2 Å². The molecule has 1 unspecified atom stereocenters. The van der Waals surface area contributed by atoms with Crippen LogP contribution < -0.4 is 0 Å². The summed E-state index contributed by atoms with van der Waals surface area (Å²) in [4.78, 5) is 47.1. The normalized spacial score (nSPS) is 15.4. The van der Waals surface area contributed by atoms with Gasteiger partial charge in [0.05, 0.1) is 14.2 Å². The fourth-order valence-corrected chi connectivity index (χ4v) is 1.81. The van der Waals surface area contributed by atoms with Gasteiger partial charge in [0.2, 0.25) is 0 Å². The van der Waals surface area contributed by atoms with Gasteiger partial charge in [-0.15, -0.1) is 0 Å². The molecule has 9 nitrogen and oxygen atoms in total. The zero-order chi connectivity index (χ0) is 18.7. The van der Waals surface area contributed by atoms with E-state index >= 15 is 0 Å². The van der Waals surface area contributed by atoms with Crippen LogP contribution in [0.1, 0.15) is 6.42 Å². The summed E-state index contributed by atoms with van der Waals surface area (Å²) < 4.78 is 18.9. The summed E-state index contributed by atoms with van der Waals surface area (Å²) in [5.41, 5.74) is 0. The molecule has 1 saturated heterocycles. The minimum atomic E-state index is -0.764. The van der Waals surface area contributed by atoms with Crippen molar-refractivity contribution < 1.29 is 38.1 Å². The Morgan fingerprint density at radius 2 is 1.40 bits per heavy atom. The molecule has 1 fully saturated rings. The molecule has 9 heteroatoms. The van der Waals surface area contributed by atoms with Gasteiger partial charge >= 0.3 is 23.9 Å². The third-order valence-corrected chi connectivity index (χ3v) is 3.22. The number of carbonyl (C=O) groups excluding carboxylic acids is 4. The van der Waals surface area contributed by atoms with E-state index in [2.05, 4.69) is 9.47 Å². The maximum atomic E-state index is 11.7. The Morgan fingerprint density at radius 3 is 1.88 bits per heavy atom. The van der Waals surface area contributed by atoms with Gasteiger partial charge in [0.1, 0.15) is 12.7 Å². The first-order chi connectivity index (χ1) is 11.9. The molecule has 25 heavy (non-hydrogen) atoms. The molecule has 1 heterocycles. The Hall–Kier alpha value is -2.68. The highest BCUT2D eigenvalue weighted by atomic mass is 16.6. The van der Waals surface area contributed by atoms with Gasteiger partial charge in [0, 0.05) is 30.8 Å². The van der Waals surface area contributed by atoms with Crippen molar-refractivity contribution in [3.63, 3.8) is 0 Å². The molecule has 0 aliphatic carbocycles. The number of esters is 4. The van der Waals surface area contributed by atoms with Gasteiger partial charge in [0.25, 0.3) is 0 Å². The lowest BCUT2D eigenvalue weighted by atomic mass is 10.2. The summed E-state index contributed by atoms with van der Waals surface area (Å²) in [5.74, 6) is -2.89. The Labute approximate surface area is 145 Å². The van der Waals surface area contributed by atoms with Crippen molar-refractivity contribution >= 4 is 23.9 Å². The summed E-state index contributed by atoms with van der Waals surface area (Å²) in [6, 6.07) is 0. The van der Waals surface area contributed by atoms with E-state index in [9.17, 15) is 19.2 Å². The number of rotatable bonds is 9. The topological polar surface area (TPSA) is 108 Å². The molecular formula is C16H21NO8. The smallest absolute Gasteiger partial charge is 0.331 e. The van der Waals surface area contributed by atoms with E-state index in [0.717, 1.165) is 43.8 Å². The van der Waals surface area contributed by atoms with Crippen LogP contribution in [0.4, 0.5) is 0 Å². The van der Waals surface area contributed by atoms with Crippen molar-refractivity contribution in [2.45, 2.75) is 12.5 Å². The van der Waals surface area contributed by atoms with Crippen molar-refractivity contribution in [3.05, 3.63) is 24.3 Å². The van der Waals surface area contributed by atoms with E-state index in [4.69, 9.17) is 9.47 Å². The van der Waals surface area contributed by atoms with Gasteiger partial charge in [0.15, 0.2) is 0 Å². The van der Waals surface area contributed by atoms with Crippen LogP contribution in [-0.4, -0.2) is 75.3 Å². The summed E-state index contributed by atoms with van der Waals surface area (Å²) in [7, 11) is 2.37. The number of likely N-dealkylation sites (tertiary alicyclic amines) is 1. The quantitative estimate of drug-likeness (QED) is 0.310. The van der Waals surface area contributed by atoms with Crippen molar-refractivity contribution in [1.82, 2.24) is 4.90 Å². The summed E-state index contributed by atoms with van der Waals surface area (Å²) in [5, 5.41) is 0. The van der Waals surface area contributed by atoms with Crippen molar-refractivity contribution in [1.29, 1.82) is 0 Å². The molecule has 0 amide bonds. The Bertz CT molecular complexity index is 550. The molecule has 0 aromatic rings. The van der Waals surface area contributed by atoms with Crippen LogP contribution in [-0.2, 0) is 38.1 Å². The van der Waals surface area contributed by atoms with E-state index in [0.29, 0.717) is 6.54 Å². The first kappa shape index (κ1) is 20.4. The van der Waals surface area contributed by atoms with E-state index in [1.54, 1.807) is 0 Å². The largest absolute Gasteiger partial charge is 0.466 e. The second kappa shape index (κ2) is 11.0. The van der Waals surface area contributed by atoms with Gasteiger partial charge in [-0.3, -0.25) is 4.90 Å². The zero-order valence-corrected chi connectivity index (χ0v) is 14.1. The lowest BCUT2D eigenvalue weighted by molar-refractivity contribution is -0.154. The van der Waals surface area contributed by atoms with E-state index in [1.807, 2.05) is 4.90 Å². The zero-order valence-electron chi connectivity index (χ0n) is 14.1. The van der Waals surface area contributed by atoms with Crippen LogP contribution >= 0.6 is 0 Å². The minimum absolute atomic E-state index is 0.182. The summed E-state index contributed by atoms with van der Waals surface area (Å²) in [6.07, 6.45) is 4.07. The molecule has 138 valence electrons. The molecule has 1 aliphatic rings. The Kier molecular flexibility index (Phi) is 8.94. The standard InChI is InChI=1S/C16H21NO8/c1-22-13(18)4-6-15(20)24-11-12(10-17-8-3-9-17)25-16(21)7-5-14(19)23-2/h4-7,12H,3,8-11H2,1-2H3/b6-4+,7-5+. The highest BCUT2D eigenvalue weighted by Gasteiger charge is 2.23. The third kappa shape index (κ3) is 8.66. The van der Waals surface area contributed by atoms with Crippen LogP contribution in [0.25, 0.3) is 0 Å².